The Morgan fingerprint density at radius 2 is 2.05 bits per heavy atom. The highest BCUT2D eigenvalue weighted by molar-refractivity contribution is 9.10. The number of rotatable bonds is 3. The molecular weight excluding hydrogens is 318 g/mol. The molecule has 5 heteroatoms. The summed E-state index contributed by atoms with van der Waals surface area (Å²) in [5, 5.41) is 0. The van der Waals surface area contributed by atoms with Crippen LogP contribution >= 0.6 is 15.9 Å². The minimum atomic E-state index is 0.408. The van der Waals surface area contributed by atoms with Crippen molar-refractivity contribution < 1.29 is 4.74 Å². The van der Waals surface area contributed by atoms with Gasteiger partial charge in [0.05, 0.1) is 18.5 Å². The van der Waals surface area contributed by atoms with Crippen molar-refractivity contribution >= 4 is 21.6 Å². The Labute approximate surface area is 125 Å². The average Bonchev–Trinajstić information content (AvgIpc) is 2.84. The van der Waals surface area contributed by atoms with Gasteiger partial charge < -0.3 is 14.9 Å². The summed E-state index contributed by atoms with van der Waals surface area (Å²) >= 11 is 3.48. The number of methoxy groups -OCH3 is 1. The van der Waals surface area contributed by atoms with E-state index in [2.05, 4.69) is 20.9 Å². The van der Waals surface area contributed by atoms with Crippen LogP contribution in [0.4, 0.5) is 0 Å². The highest BCUT2D eigenvalue weighted by Gasteiger charge is 2.16. The summed E-state index contributed by atoms with van der Waals surface area (Å²) in [5.74, 6) is 0.796. The van der Waals surface area contributed by atoms with E-state index in [0.717, 1.165) is 32.8 Å². The van der Waals surface area contributed by atoms with E-state index in [0.29, 0.717) is 6.54 Å². The Morgan fingerprint density at radius 3 is 2.80 bits per heavy atom. The first kappa shape index (κ1) is 13.1. The molecule has 0 radical (unpaired) electrons. The van der Waals surface area contributed by atoms with Gasteiger partial charge in [-0.15, -0.1) is 0 Å². The predicted octanol–water partition coefficient (Wildman–Crippen LogP) is 3.23. The number of hydrogen-bond donors (Lipinski definition) is 1. The molecule has 0 amide bonds. The van der Waals surface area contributed by atoms with Crippen LogP contribution in [0.2, 0.25) is 0 Å². The minimum Gasteiger partial charge on any atom is -0.496 e. The number of para-hydroxylation sites is 1. The standard InChI is InChI=1S/C15H14BrN3O/c1-20-13-5-3-2-4-11(13)15-12(8-17)19-9-10(16)6-7-14(19)18-15/h2-7,9H,8,17H2,1H3. The molecule has 0 aliphatic carbocycles. The molecule has 0 unspecified atom stereocenters. The van der Waals surface area contributed by atoms with Crippen molar-refractivity contribution in [1.82, 2.24) is 9.38 Å². The topological polar surface area (TPSA) is 52.5 Å². The maximum atomic E-state index is 5.92. The van der Waals surface area contributed by atoms with Crippen LogP contribution < -0.4 is 10.5 Å². The molecule has 20 heavy (non-hydrogen) atoms. The van der Waals surface area contributed by atoms with Gasteiger partial charge in [-0.1, -0.05) is 12.1 Å². The van der Waals surface area contributed by atoms with E-state index in [-0.39, 0.29) is 0 Å². The number of ether oxygens (including phenoxy) is 1. The van der Waals surface area contributed by atoms with Crippen molar-refractivity contribution in [3.05, 3.63) is 52.8 Å². The fraction of sp³-hybridized carbons (Fsp3) is 0.133. The van der Waals surface area contributed by atoms with Crippen LogP contribution in [0.15, 0.2) is 47.1 Å². The molecule has 0 aliphatic heterocycles. The van der Waals surface area contributed by atoms with Crippen molar-refractivity contribution in [2.45, 2.75) is 6.54 Å². The molecule has 3 rings (SSSR count). The smallest absolute Gasteiger partial charge is 0.137 e. The summed E-state index contributed by atoms with van der Waals surface area (Å²) in [6, 6.07) is 11.8. The number of aromatic nitrogens is 2. The number of halogens is 1. The average molecular weight is 332 g/mol. The first-order chi connectivity index (χ1) is 9.74. The van der Waals surface area contributed by atoms with Crippen molar-refractivity contribution in [2.75, 3.05) is 7.11 Å². The van der Waals surface area contributed by atoms with Crippen LogP contribution in [0.3, 0.4) is 0 Å². The number of imidazole rings is 1. The molecule has 2 heterocycles. The fourth-order valence-corrected chi connectivity index (χ4v) is 2.66. The zero-order chi connectivity index (χ0) is 14.1. The Kier molecular flexibility index (Phi) is 3.46. The number of pyridine rings is 1. The quantitative estimate of drug-likeness (QED) is 0.801. The Hall–Kier alpha value is -1.85. The van der Waals surface area contributed by atoms with Gasteiger partial charge in [-0.05, 0) is 40.2 Å². The third-order valence-electron chi connectivity index (χ3n) is 3.24. The third-order valence-corrected chi connectivity index (χ3v) is 3.71. The minimum absolute atomic E-state index is 0.408. The van der Waals surface area contributed by atoms with Gasteiger partial charge in [0, 0.05) is 22.8 Å². The van der Waals surface area contributed by atoms with Gasteiger partial charge in [-0.25, -0.2) is 4.98 Å². The molecule has 0 spiro atoms. The van der Waals surface area contributed by atoms with Gasteiger partial charge in [0.1, 0.15) is 11.4 Å². The Bertz CT molecular complexity index is 767. The molecule has 2 N–H and O–H groups in total. The summed E-state index contributed by atoms with van der Waals surface area (Å²) in [7, 11) is 1.66. The Balaban J connectivity index is 2.30. The van der Waals surface area contributed by atoms with Crippen molar-refractivity contribution in [2.24, 2.45) is 5.73 Å². The molecular formula is C15H14BrN3O. The summed E-state index contributed by atoms with van der Waals surface area (Å²) < 4.78 is 8.41. The number of nitrogens with two attached hydrogens (primary N) is 1. The monoisotopic (exact) mass is 331 g/mol. The lowest BCUT2D eigenvalue weighted by Gasteiger charge is -2.07. The molecule has 1 aromatic carbocycles. The van der Waals surface area contributed by atoms with E-state index in [4.69, 9.17) is 10.5 Å². The van der Waals surface area contributed by atoms with Gasteiger partial charge in [-0.3, -0.25) is 0 Å². The van der Waals surface area contributed by atoms with Crippen LogP contribution in [0.1, 0.15) is 5.69 Å². The lowest BCUT2D eigenvalue weighted by Crippen LogP contribution is -2.03. The maximum absolute atomic E-state index is 5.92. The molecule has 4 nitrogen and oxygen atoms in total. The van der Waals surface area contributed by atoms with Crippen molar-refractivity contribution in [3.8, 4) is 17.0 Å². The van der Waals surface area contributed by atoms with E-state index in [1.165, 1.54) is 0 Å². The van der Waals surface area contributed by atoms with Gasteiger partial charge in [0.25, 0.3) is 0 Å². The van der Waals surface area contributed by atoms with Crippen molar-refractivity contribution in [1.29, 1.82) is 0 Å². The molecule has 0 bridgehead atoms. The number of hydrogen-bond acceptors (Lipinski definition) is 3. The van der Waals surface area contributed by atoms with Gasteiger partial charge in [0.2, 0.25) is 0 Å². The normalized spacial score (nSPS) is 10.9. The molecule has 0 aliphatic rings. The zero-order valence-corrected chi connectivity index (χ0v) is 12.6. The van der Waals surface area contributed by atoms with Gasteiger partial charge in [0.15, 0.2) is 0 Å². The highest BCUT2D eigenvalue weighted by atomic mass is 79.9. The number of fused-ring (bicyclic) bond motifs is 1. The SMILES string of the molecule is COc1ccccc1-c1nc2ccc(Br)cn2c1CN. The third kappa shape index (κ3) is 2.09. The first-order valence-electron chi connectivity index (χ1n) is 6.24. The van der Waals surface area contributed by atoms with Crippen LogP contribution in [0, 0.1) is 0 Å². The Morgan fingerprint density at radius 1 is 1.25 bits per heavy atom. The largest absolute Gasteiger partial charge is 0.496 e. The lowest BCUT2D eigenvalue weighted by atomic mass is 10.1. The highest BCUT2D eigenvalue weighted by Crippen LogP contribution is 2.32. The molecule has 0 saturated carbocycles. The van der Waals surface area contributed by atoms with Crippen LogP contribution in [-0.2, 0) is 6.54 Å². The van der Waals surface area contributed by atoms with E-state index < -0.39 is 0 Å². The molecule has 102 valence electrons. The zero-order valence-electron chi connectivity index (χ0n) is 11.0. The molecule has 3 aromatic rings. The number of nitrogens with zero attached hydrogens (tertiary/aromatic N) is 2. The molecule has 0 fully saturated rings. The first-order valence-corrected chi connectivity index (χ1v) is 7.04. The van der Waals surface area contributed by atoms with Gasteiger partial charge in [-0.2, -0.15) is 0 Å². The summed E-state index contributed by atoms with van der Waals surface area (Å²) in [5.41, 5.74) is 9.57. The number of benzene rings is 1. The van der Waals surface area contributed by atoms with Crippen molar-refractivity contribution in [3.63, 3.8) is 0 Å². The van der Waals surface area contributed by atoms with E-state index in [9.17, 15) is 0 Å². The fourth-order valence-electron chi connectivity index (χ4n) is 2.32. The van der Waals surface area contributed by atoms with E-state index >= 15 is 0 Å². The summed E-state index contributed by atoms with van der Waals surface area (Å²) in [4.78, 5) is 4.69. The summed E-state index contributed by atoms with van der Waals surface area (Å²) in [6.07, 6.45) is 1.98. The maximum Gasteiger partial charge on any atom is 0.137 e. The second-order valence-electron chi connectivity index (χ2n) is 4.39. The predicted molar refractivity (Wildman–Crippen MR) is 82.8 cm³/mol. The lowest BCUT2D eigenvalue weighted by molar-refractivity contribution is 0.416. The second kappa shape index (κ2) is 5.26. The van der Waals surface area contributed by atoms with Gasteiger partial charge >= 0.3 is 0 Å². The van der Waals surface area contributed by atoms with Crippen LogP contribution in [0.5, 0.6) is 5.75 Å². The second-order valence-corrected chi connectivity index (χ2v) is 5.30. The molecule has 2 aromatic heterocycles. The summed E-state index contributed by atoms with van der Waals surface area (Å²) in [6.45, 7) is 0.408. The van der Waals surface area contributed by atoms with E-state index in [1.54, 1.807) is 7.11 Å². The van der Waals surface area contributed by atoms with Crippen LogP contribution in [-0.4, -0.2) is 16.5 Å². The molecule has 0 saturated heterocycles. The van der Waals surface area contributed by atoms with Crippen LogP contribution in [0.25, 0.3) is 16.9 Å². The van der Waals surface area contributed by atoms with E-state index in [1.807, 2.05) is 47.0 Å². The molecule has 0 atom stereocenters.